The van der Waals surface area contributed by atoms with Crippen molar-refractivity contribution < 1.29 is 15.0 Å². The van der Waals surface area contributed by atoms with Crippen LogP contribution in [0.3, 0.4) is 0 Å². The van der Waals surface area contributed by atoms with Gasteiger partial charge < -0.3 is 21.7 Å². The third-order valence-electron chi connectivity index (χ3n) is 2.99. The first-order valence-corrected chi connectivity index (χ1v) is 7.46. The summed E-state index contributed by atoms with van der Waals surface area (Å²) in [7, 11) is 0. The standard InChI is InChI=1S/C8H8ClNO2.C8H10ClNO/c9-6-3-1-5(2-4-6)7(10)8(11)12;9-7-3-1-6(2-4-7)8(10)5-11/h1-4,7H,10H2,(H,11,12);1-4,8,11H,5,10H2/t7-;8-/m01/s1. The molecule has 2 atom stereocenters. The summed E-state index contributed by atoms with van der Waals surface area (Å²) in [5.41, 5.74) is 12.3. The van der Waals surface area contributed by atoms with Gasteiger partial charge in [0.2, 0.25) is 0 Å². The Morgan fingerprint density at radius 1 is 0.913 bits per heavy atom. The van der Waals surface area contributed by atoms with Gasteiger partial charge in [0.15, 0.2) is 0 Å². The van der Waals surface area contributed by atoms with Gasteiger partial charge in [0.25, 0.3) is 0 Å². The van der Waals surface area contributed by atoms with Crippen molar-refractivity contribution in [2.24, 2.45) is 11.5 Å². The summed E-state index contributed by atoms with van der Waals surface area (Å²) >= 11 is 11.3. The van der Waals surface area contributed by atoms with Crippen LogP contribution in [-0.4, -0.2) is 22.8 Å². The van der Waals surface area contributed by atoms with Gasteiger partial charge in [-0.2, -0.15) is 0 Å². The van der Waals surface area contributed by atoms with Crippen LogP contribution in [0.25, 0.3) is 0 Å². The van der Waals surface area contributed by atoms with E-state index in [0.29, 0.717) is 15.6 Å². The van der Waals surface area contributed by atoms with Gasteiger partial charge in [-0.3, -0.25) is 4.79 Å². The molecule has 2 rings (SSSR count). The van der Waals surface area contributed by atoms with Crippen LogP contribution in [-0.2, 0) is 4.79 Å². The summed E-state index contributed by atoms with van der Waals surface area (Å²) in [6.07, 6.45) is 0. The zero-order chi connectivity index (χ0) is 17.4. The molecule has 0 fully saturated rings. The second-order valence-corrected chi connectivity index (χ2v) is 5.58. The van der Waals surface area contributed by atoms with Crippen molar-refractivity contribution in [1.82, 2.24) is 0 Å². The third kappa shape index (κ3) is 6.56. The number of rotatable bonds is 4. The first-order chi connectivity index (χ1) is 10.8. The monoisotopic (exact) mass is 356 g/mol. The molecule has 0 amide bonds. The summed E-state index contributed by atoms with van der Waals surface area (Å²) in [6, 6.07) is 12.3. The molecule has 0 aliphatic heterocycles. The number of benzene rings is 2. The number of hydrogen-bond donors (Lipinski definition) is 4. The molecule has 2 aromatic rings. The molecule has 0 aliphatic carbocycles. The normalized spacial score (nSPS) is 12.7. The predicted octanol–water partition coefficient (Wildman–Crippen LogP) is 2.76. The van der Waals surface area contributed by atoms with E-state index in [2.05, 4.69) is 0 Å². The summed E-state index contributed by atoms with van der Waals surface area (Å²) in [5, 5.41) is 18.5. The Labute approximate surface area is 144 Å². The fourth-order valence-corrected chi connectivity index (χ4v) is 1.88. The lowest BCUT2D eigenvalue weighted by Gasteiger charge is -2.07. The van der Waals surface area contributed by atoms with E-state index in [1.807, 2.05) is 12.1 Å². The van der Waals surface area contributed by atoms with Crippen LogP contribution < -0.4 is 11.5 Å². The Balaban J connectivity index is 0.000000231. The Morgan fingerprint density at radius 2 is 1.30 bits per heavy atom. The van der Waals surface area contributed by atoms with Crippen LogP contribution in [0, 0.1) is 0 Å². The molecule has 0 bridgehead atoms. The van der Waals surface area contributed by atoms with Crippen molar-refractivity contribution in [3.63, 3.8) is 0 Å². The van der Waals surface area contributed by atoms with Crippen LogP contribution >= 0.6 is 23.2 Å². The molecule has 0 unspecified atom stereocenters. The molecule has 6 N–H and O–H groups in total. The number of carbonyl (C=O) groups is 1. The topological polar surface area (TPSA) is 110 Å². The molecular formula is C16H18Cl2N2O3. The van der Waals surface area contributed by atoms with Crippen molar-refractivity contribution in [2.75, 3.05) is 6.61 Å². The molecule has 0 radical (unpaired) electrons. The quantitative estimate of drug-likeness (QED) is 0.673. The predicted molar refractivity (Wildman–Crippen MR) is 91.5 cm³/mol. The zero-order valence-corrected chi connectivity index (χ0v) is 13.7. The number of nitrogens with two attached hydrogens (primary N) is 2. The van der Waals surface area contributed by atoms with Gasteiger partial charge in [-0.15, -0.1) is 0 Å². The maximum Gasteiger partial charge on any atom is 0.325 e. The minimum Gasteiger partial charge on any atom is -0.480 e. The molecule has 5 nitrogen and oxygen atoms in total. The summed E-state index contributed by atoms with van der Waals surface area (Å²) < 4.78 is 0. The molecule has 0 spiro atoms. The van der Waals surface area contributed by atoms with Gasteiger partial charge in [0.1, 0.15) is 6.04 Å². The van der Waals surface area contributed by atoms with Gasteiger partial charge >= 0.3 is 5.97 Å². The number of carboxylic acid groups (broad SMARTS) is 1. The SMILES string of the molecule is N[C@H](C(=O)O)c1ccc(Cl)cc1.N[C@H](CO)c1ccc(Cl)cc1. The van der Waals surface area contributed by atoms with Gasteiger partial charge in [0.05, 0.1) is 12.6 Å². The first kappa shape index (κ1) is 19.4. The number of aliphatic hydroxyl groups excluding tert-OH is 1. The van der Waals surface area contributed by atoms with E-state index in [4.69, 9.17) is 44.9 Å². The Bertz CT molecular complexity index is 618. The van der Waals surface area contributed by atoms with Gasteiger partial charge in [-0.05, 0) is 35.4 Å². The van der Waals surface area contributed by atoms with Gasteiger partial charge in [-0.1, -0.05) is 47.5 Å². The molecule has 124 valence electrons. The van der Waals surface area contributed by atoms with Crippen LogP contribution in [0.2, 0.25) is 10.0 Å². The molecule has 0 heterocycles. The lowest BCUT2D eigenvalue weighted by atomic mass is 10.1. The molecule has 23 heavy (non-hydrogen) atoms. The number of carboxylic acids is 1. The van der Waals surface area contributed by atoms with E-state index in [9.17, 15) is 4.79 Å². The number of aliphatic hydroxyl groups is 1. The Kier molecular flexibility index (Phi) is 8.02. The van der Waals surface area contributed by atoms with E-state index in [1.165, 1.54) is 0 Å². The highest BCUT2D eigenvalue weighted by molar-refractivity contribution is 6.30. The Morgan fingerprint density at radius 3 is 1.65 bits per heavy atom. The highest BCUT2D eigenvalue weighted by atomic mass is 35.5. The second kappa shape index (κ2) is 9.50. The van der Waals surface area contributed by atoms with Crippen LogP contribution in [0.1, 0.15) is 23.2 Å². The second-order valence-electron chi connectivity index (χ2n) is 4.71. The van der Waals surface area contributed by atoms with Gasteiger partial charge in [0, 0.05) is 10.0 Å². The van der Waals surface area contributed by atoms with Crippen molar-refractivity contribution in [2.45, 2.75) is 12.1 Å². The molecule has 0 saturated carbocycles. The first-order valence-electron chi connectivity index (χ1n) is 6.71. The van der Waals surface area contributed by atoms with E-state index >= 15 is 0 Å². The minimum atomic E-state index is -1.04. The largest absolute Gasteiger partial charge is 0.480 e. The Hall–Kier alpha value is -1.63. The van der Waals surface area contributed by atoms with Crippen LogP contribution in [0.4, 0.5) is 0 Å². The van der Waals surface area contributed by atoms with E-state index in [0.717, 1.165) is 5.56 Å². The van der Waals surface area contributed by atoms with Crippen LogP contribution in [0.5, 0.6) is 0 Å². The molecule has 0 aromatic heterocycles. The summed E-state index contributed by atoms with van der Waals surface area (Å²) in [4.78, 5) is 10.4. The van der Waals surface area contributed by atoms with Crippen molar-refractivity contribution >= 4 is 29.2 Å². The third-order valence-corrected chi connectivity index (χ3v) is 3.49. The number of hydrogen-bond acceptors (Lipinski definition) is 4. The lowest BCUT2D eigenvalue weighted by molar-refractivity contribution is -0.138. The van der Waals surface area contributed by atoms with Crippen molar-refractivity contribution in [3.8, 4) is 0 Å². The van der Waals surface area contributed by atoms with E-state index in [-0.39, 0.29) is 12.6 Å². The van der Waals surface area contributed by atoms with Gasteiger partial charge in [-0.25, -0.2) is 0 Å². The lowest BCUT2D eigenvalue weighted by Crippen LogP contribution is -2.20. The van der Waals surface area contributed by atoms with Crippen molar-refractivity contribution in [1.29, 1.82) is 0 Å². The maximum absolute atomic E-state index is 10.4. The van der Waals surface area contributed by atoms with E-state index in [1.54, 1.807) is 36.4 Å². The molecule has 7 heteroatoms. The van der Waals surface area contributed by atoms with E-state index < -0.39 is 12.0 Å². The van der Waals surface area contributed by atoms with Crippen molar-refractivity contribution in [3.05, 3.63) is 69.7 Å². The smallest absolute Gasteiger partial charge is 0.325 e. The average Bonchev–Trinajstić information content (AvgIpc) is 2.55. The summed E-state index contributed by atoms with van der Waals surface area (Å²) in [6.45, 7) is -0.0400. The highest BCUT2D eigenvalue weighted by Crippen LogP contribution is 2.15. The maximum atomic E-state index is 10.4. The number of aliphatic carboxylic acids is 1. The fraction of sp³-hybridized carbons (Fsp3) is 0.188. The molecule has 0 saturated heterocycles. The zero-order valence-electron chi connectivity index (χ0n) is 12.2. The van der Waals surface area contributed by atoms with Crippen LogP contribution in [0.15, 0.2) is 48.5 Å². The minimum absolute atomic E-state index is 0.0400. The molecular weight excluding hydrogens is 339 g/mol. The molecule has 0 aliphatic rings. The number of halogens is 2. The fourth-order valence-electron chi connectivity index (χ4n) is 1.63. The summed E-state index contributed by atoms with van der Waals surface area (Å²) in [5.74, 6) is -1.04. The highest BCUT2D eigenvalue weighted by Gasteiger charge is 2.12. The molecule has 2 aromatic carbocycles. The average molecular weight is 357 g/mol.